The van der Waals surface area contributed by atoms with Crippen LogP contribution in [0.2, 0.25) is 0 Å². The van der Waals surface area contributed by atoms with Crippen molar-refractivity contribution < 1.29 is 4.79 Å². The molecule has 88 valence electrons. The van der Waals surface area contributed by atoms with Crippen molar-refractivity contribution >= 4 is 17.5 Å². The number of ketones is 1. The maximum absolute atomic E-state index is 11.8. The largest absolute Gasteiger partial charge is 0.298 e. The molecule has 0 fully saturated rings. The fourth-order valence-electron chi connectivity index (χ4n) is 1.10. The van der Waals surface area contributed by atoms with Crippen LogP contribution in [0, 0.1) is 5.41 Å². The molecule has 3 heteroatoms. The van der Waals surface area contributed by atoms with Crippen LogP contribution in [0.1, 0.15) is 33.3 Å². The van der Waals surface area contributed by atoms with Crippen molar-refractivity contribution in [3.8, 4) is 0 Å². The SMILES string of the molecule is CCc1cncc(SCC(=O)C(C)(C)C)c1. The van der Waals surface area contributed by atoms with Gasteiger partial charge in [0.15, 0.2) is 0 Å². The molecule has 0 aromatic carbocycles. The van der Waals surface area contributed by atoms with Crippen LogP contribution in [-0.4, -0.2) is 16.5 Å². The first-order valence-electron chi connectivity index (χ1n) is 5.53. The van der Waals surface area contributed by atoms with Gasteiger partial charge in [-0.15, -0.1) is 11.8 Å². The molecule has 1 aromatic heterocycles. The van der Waals surface area contributed by atoms with Crippen LogP contribution in [-0.2, 0) is 11.2 Å². The van der Waals surface area contributed by atoms with Gasteiger partial charge in [-0.3, -0.25) is 9.78 Å². The predicted molar refractivity (Wildman–Crippen MR) is 68.8 cm³/mol. The molecule has 0 aliphatic heterocycles. The number of carbonyl (C=O) groups is 1. The lowest BCUT2D eigenvalue weighted by Gasteiger charge is -2.15. The minimum atomic E-state index is -0.247. The second-order valence-corrected chi connectivity index (χ2v) is 5.89. The Hall–Kier alpha value is -0.830. The highest BCUT2D eigenvalue weighted by Gasteiger charge is 2.20. The van der Waals surface area contributed by atoms with Gasteiger partial charge < -0.3 is 0 Å². The Morgan fingerprint density at radius 3 is 2.62 bits per heavy atom. The number of pyridine rings is 1. The summed E-state index contributed by atoms with van der Waals surface area (Å²) in [6, 6.07) is 2.10. The molecular weight excluding hydrogens is 218 g/mol. The van der Waals surface area contributed by atoms with Crippen molar-refractivity contribution in [2.24, 2.45) is 5.41 Å². The average molecular weight is 237 g/mol. The summed E-state index contributed by atoms with van der Waals surface area (Å²) in [6.45, 7) is 7.97. The molecular formula is C13H19NOS. The van der Waals surface area contributed by atoms with Crippen LogP contribution >= 0.6 is 11.8 Å². The van der Waals surface area contributed by atoms with Crippen LogP contribution in [0.4, 0.5) is 0 Å². The highest BCUT2D eigenvalue weighted by atomic mass is 32.2. The molecule has 16 heavy (non-hydrogen) atoms. The maximum Gasteiger partial charge on any atom is 0.148 e. The van der Waals surface area contributed by atoms with E-state index in [2.05, 4.69) is 18.0 Å². The van der Waals surface area contributed by atoms with Gasteiger partial charge in [0.2, 0.25) is 0 Å². The number of Topliss-reactive ketones (excluding diaryl/α,β-unsaturated/α-hetero) is 1. The fourth-order valence-corrected chi connectivity index (χ4v) is 2.20. The number of rotatable bonds is 4. The van der Waals surface area contributed by atoms with Gasteiger partial charge in [0.1, 0.15) is 5.78 Å². The third-order valence-corrected chi connectivity index (χ3v) is 3.35. The molecule has 0 amide bonds. The first-order chi connectivity index (χ1) is 7.43. The highest BCUT2D eigenvalue weighted by Crippen LogP contribution is 2.23. The van der Waals surface area contributed by atoms with E-state index in [0.29, 0.717) is 5.75 Å². The van der Waals surface area contributed by atoms with E-state index in [1.165, 1.54) is 5.56 Å². The van der Waals surface area contributed by atoms with Crippen molar-refractivity contribution in [1.29, 1.82) is 0 Å². The van der Waals surface area contributed by atoms with E-state index in [9.17, 15) is 4.79 Å². The van der Waals surface area contributed by atoms with Crippen molar-refractivity contribution in [3.63, 3.8) is 0 Å². The summed E-state index contributed by atoms with van der Waals surface area (Å²) in [6.07, 6.45) is 4.67. The number of thioether (sulfide) groups is 1. The molecule has 0 aliphatic carbocycles. The summed E-state index contributed by atoms with van der Waals surface area (Å²) < 4.78 is 0. The molecule has 0 saturated heterocycles. The summed E-state index contributed by atoms with van der Waals surface area (Å²) in [5.74, 6) is 0.803. The third kappa shape index (κ3) is 3.97. The summed E-state index contributed by atoms with van der Waals surface area (Å²) in [5, 5.41) is 0. The zero-order chi connectivity index (χ0) is 12.2. The zero-order valence-electron chi connectivity index (χ0n) is 10.4. The van der Waals surface area contributed by atoms with E-state index in [4.69, 9.17) is 0 Å². The monoisotopic (exact) mass is 237 g/mol. The van der Waals surface area contributed by atoms with E-state index in [0.717, 1.165) is 11.3 Å². The van der Waals surface area contributed by atoms with Gasteiger partial charge >= 0.3 is 0 Å². The van der Waals surface area contributed by atoms with E-state index < -0.39 is 0 Å². The number of carbonyl (C=O) groups excluding carboxylic acids is 1. The Morgan fingerprint density at radius 2 is 2.06 bits per heavy atom. The number of aryl methyl sites for hydroxylation is 1. The van der Waals surface area contributed by atoms with E-state index in [1.54, 1.807) is 11.8 Å². The first kappa shape index (κ1) is 13.2. The molecule has 0 radical (unpaired) electrons. The van der Waals surface area contributed by atoms with Gasteiger partial charge in [0.25, 0.3) is 0 Å². The molecule has 0 saturated carbocycles. The molecule has 0 spiro atoms. The zero-order valence-corrected chi connectivity index (χ0v) is 11.2. The molecule has 2 nitrogen and oxygen atoms in total. The molecule has 0 atom stereocenters. The predicted octanol–water partition coefficient (Wildman–Crippen LogP) is 3.35. The fraction of sp³-hybridized carbons (Fsp3) is 0.538. The lowest BCUT2D eigenvalue weighted by molar-refractivity contribution is -0.123. The van der Waals surface area contributed by atoms with Gasteiger partial charge in [-0.1, -0.05) is 27.7 Å². The molecule has 1 rings (SSSR count). The van der Waals surface area contributed by atoms with Crippen molar-refractivity contribution in [1.82, 2.24) is 4.98 Å². The molecule has 0 bridgehead atoms. The second-order valence-electron chi connectivity index (χ2n) is 4.84. The first-order valence-corrected chi connectivity index (χ1v) is 6.52. The Labute approximate surface area is 102 Å². The normalized spacial score (nSPS) is 11.5. The van der Waals surface area contributed by atoms with Gasteiger partial charge in [-0.2, -0.15) is 0 Å². The van der Waals surface area contributed by atoms with Crippen molar-refractivity contribution in [2.45, 2.75) is 39.0 Å². The lowest BCUT2D eigenvalue weighted by atomic mass is 9.92. The molecule has 0 N–H and O–H groups in total. The van der Waals surface area contributed by atoms with Gasteiger partial charge in [0.05, 0.1) is 5.75 Å². The Bertz CT molecular complexity index is 368. The summed E-state index contributed by atoms with van der Waals surface area (Å²) in [5.41, 5.74) is 0.969. The smallest absolute Gasteiger partial charge is 0.148 e. The molecule has 1 aromatic rings. The highest BCUT2D eigenvalue weighted by molar-refractivity contribution is 8.00. The van der Waals surface area contributed by atoms with E-state index in [-0.39, 0.29) is 11.2 Å². The Balaban J connectivity index is 2.58. The summed E-state index contributed by atoms with van der Waals surface area (Å²) >= 11 is 1.57. The number of hydrogen-bond donors (Lipinski definition) is 0. The Kier molecular flexibility index (Phi) is 4.54. The van der Waals surface area contributed by atoms with Crippen LogP contribution in [0.3, 0.4) is 0 Å². The maximum atomic E-state index is 11.8. The minimum absolute atomic E-state index is 0.247. The standard InChI is InChI=1S/C13H19NOS/c1-5-10-6-11(8-14-7-10)16-9-12(15)13(2,3)4/h6-8H,5,9H2,1-4H3. The van der Waals surface area contributed by atoms with E-state index in [1.807, 2.05) is 33.2 Å². The average Bonchev–Trinajstić information content (AvgIpc) is 2.25. The summed E-state index contributed by atoms with van der Waals surface area (Å²) in [4.78, 5) is 17.0. The molecule has 0 unspecified atom stereocenters. The summed E-state index contributed by atoms with van der Waals surface area (Å²) in [7, 11) is 0. The quantitative estimate of drug-likeness (QED) is 0.752. The Morgan fingerprint density at radius 1 is 1.38 bits per heavy atom. The molecule has 0 aliphatic rings. The van der Waals surface area contributed by atoms with Crippen LogP contribution in [0.15, 0.2) is 23.4 Å². The van der Waals surface area contributed by atoms with E-state index >= 15 is 0 Å². The number of nitrogens with zero attached hydrogens (tertiary/aromatic N) is 1. The minimum Gasteiger partial charge on any atom is -0.298 e. The topological polar surface area (TPSA) is 30.0 Å². The van der Waals surface area contributed by atoms with Crippen LogP contribution in [0.25, 0.3) is 0 Å². The van der Waals surface area contributed by atoms with Gasteiger partial charge in [0, 0.05) is 22.7 Å². The molecule has 1 heterocycles. The number of aromatic nitrogens is 1. The van der Waals surface area contributed by atoms with Gasteiger partial charge in [-0.25, -0.2) is 0 Å². The third-order valence-electron chi connectivity index (χ3n) is 2.38. The van der Waals surface area contributed by atoms with Crippen LogP contribution in [0.5, 0.6) is 0 Å². The van der Waals surface area contributed by atoms with Crippen molar-refractivity contribution in [3.05, 3.63) is 24.0 Å². The second kappa shape index (κ2) is 5.48. The van der Waals surface area contributed by atoms with Crippen molar-refractivity contribution in [2.75, 3.05) is 5.75 Å². The van der Waals surface area contributed by atoms with Crippen LogP contribution < -0.4 is 0 Å². The lowest BCUT2D eigenvalue weighted by Crippen LogP contribution is -2.21. The number of hydrogen-bond acceptors (Lipinski definition) is 3. The van der Waals surface area contributed by atoms with Gasteiger partial charge in [-0.05, 0) is 18.1 Å².